The van der Waals surface area contributed by atoms with E-state index in [4.69, 9.17) is 0 Å². The van der Waals surface area contributed by atoms with Crippen LogP contribution in [0.15, 0.2) is 22.9 Å². The van der Waals surface area contributed by atoms with Crippen LogP contribution < -0.4 is 5.32 Å². The van der Waals surface area contributed by atoms with Gasteiger partial charge in [-0.2, -0.15) is 16.4 Å². The first kappa shape index (κ1) is 13.3. The molecule has 1 N–H and O–H groups in total. The first-order valence-electron chi connectivity index (χ1n) is 6.48. The average molecular weight is 263 g/mol. The molecule has 98 valence electrons. The Morgan fingerprint density at radius 3 is 2.89 bits per heavy atom. The van der Waals surface area contributed by atoms with E-state index in [1.807, 2.05) is 6.92 Å². The Kier molecular flexibility index (Phi) is 4.96. The molecule has 2 heterocycles. The van der Waals surface area contributed by atoms with Crippen LogP contribution in [0.1, 0.15) is 23.4 Å². The largest absolute Gasteiger partial charge is 0.316 e. The Hall–Kier alpha value is -1.13. The molecule has 2 rings (SSSR count). The average Bonchev–Trinajstić information content (AvgIpc) is 2.94. The molecular weight excluding hydrogens is 242 g/mol. The molecule has 0 bridgehead atoms. The van der Waals surface area contributed by atoms with E-state index in [0.717, 1.165) is 38.2 Å². The highest BCUT2D eigenvalue weighted by molar-refractivity contribution is 7.07. The molecule has 0 radical (unpaired) electrons. The lowest BCUT2D eigenvalue weighted by Crippen LogP contribution is -2.20. The fourth-order valence-corrected chi connectivity index (χ4v) is 2.75. The van der Waals surface area contributed by atoms with E-state index in [2.05, 4.69) is 44.9 Å². The SMILES string of the molecule is Cc1cc(C)n(CCCNCCc2ccsc2)n1. The Balaban J connectivity index is 1.57. The summed E-state index contributed by atoms with van der Waals surface area (Å²) in [5.41, 5.74) is 3.80. The highest BCUT2D eigenvalue weighted by Gasteiger charge is 1.99. The minimum absolute atomic E-state index is 1.01. The summed E-state index contributed by atoms with van der Waals surface area (Å²) >= 11 is 1.77. The predicted octanol–water partition coefficient (Wildman–Crippen LogP) is 2.78. The number of nitrogens with zero attached hydrogens (tertiary/aromatic N) is 2. The van der Waals surface area contributed by atoms with Crippen molar-refractivity contribution in [3.8, 4) is 0 Å². The van der Waals surface area contributed by atoms with Crippen molar-refractivity contribution in [2.45, 2.75) is 33.2 Å². The van der Waals surface area contributed by atoms with E-state index in [1.165, 1.54) is 11.3 Å². The molecule has 0 atom stereocenters. The summed E-state index contributed by atoms with van der Waals surface area (Å²) in [6.45, 7) is 7.29. The maximum absolute atomic E-state index is 4.46. The number of rotatable bonds is 7. The van der Waals surface area contributed by atoms with Crippen molar-refractivity contribution in [2.75, 3.05) is 13.1 Å². The van der Waals surface area contributed by atoms with Gasteiger partial charge in [0.1, 0.15) is 0 Å². The first-order chi connectivity index (χ1) is 8.75. The van der Waals surface area contributed by atoms with Crippen LogP contribution in [0, 0.1) is 13.8 Å². The quantitative estimate of drug-likeness (QED) is 0.779. The maximum Gasteiger partial charge on any atom is 0.0596 e. The maximum atomic E-state index is 4.46. The van der Waals surface area contributed by atoms with E-state index in [1.54, 1.807) is 11.3 Å². The molecule has 3 nitrogen and oxygen atoms in total. The summed E-state index contributed by atoms with van der Waals surface area (Å²) in [5.74, 6) is 0. The van der Waals surface area contributed by atoms with E-state index < -0.39 is 0 Å². The van der Waals surface area contributed by atoms with Gasteiger partial charge in [-0.1, -0.05) is 0 Å². The molecule has 18 heavy (non-hydrogen) atoms. The fourth-order valence-electron chi connectivity index (χ4n) is 2.05. The smallest absolute Gasteiger partial charge is 0.0596 e. The van der Waals surface area contributed by atoms with Gasteiger partial charge in [0.05, 0.1) is 5.69 Å². The molecule has 0 unspecified atom stereocenters. The monoisotopic (exact) mass is 263 g/mol. The van der Waals surface area contributed by atoms with Gasteiger partial charge in [0.25, 0.3) is 0 Å². The topological polar surface area (TPSA) is 29.9 Å². The van der Waals surface area contributed by atoms with Gasteiger partial charge in [-0.05, 0) is 68.2 Å². The molecule has 0 saturated carbocycles. The summed E-state index contributed by atoms with van der Waals surface area (Å²) < 4.78 is 2.09. The number of aromatic nitrogens is 2. The van der Waals surface area contributed by atoms with Gasteiger partial charge >= 0.3 is 0 Å². The number of hydrogen-bond donors (Lipinski definition) is 1. The van der Waals surface area contributed by atoms with Gasteiger partial charge in [0.15, 0.2) is 0 Å². The zero-order valence-electron chi connectivity index (χ0n) is 11.1. The van der Waals surface area contributed by atoms with Crippen LogP contribution in [-0.4, -0.2) is 22.9 Å². The number of hydrogen-bond acceptors (Lipinski definition) is 3. The van der Waals surface area contributed by atoms with Gasteiger partial charge in [-0.25, -0.2) is 0 Å². The second-order valence-corrected chi connectivity index (χ2v) is 5.42. The molecule has 0 fully saturated rings. The molecule has 0 aliphatic carbocycles. The third-order valence-electron chi connectivity index (χ3n) is 3.00. The standard InChI is InChI=1S/C14H21N3S/c1-12-10-13(2)17(16-12)8-3-6-15-7-4-14-5-9-18-11-14/h5,9-11,15H,3-4,6-8H2,1-2H3. The summed E-state index contributed by atoms with van der Waals surface area (Å²) in [4.78, 5) is 0. The predicted molar refractivity (Wildman–Crippen MR) is 77.2 cm³/mol. The number of thiophene rings is 1. The second kappa shape index (κ2) is 6.71. The van der Waals surface area contributed by atoms with Crippen molar-refractivity contribution >= 4 is 11.3 Å². The van der Waals surface area contributed by atoms with E-state index in [-0.39, 0.29) is 0 Å². The van der Waals surface area contributed by atoms with Crippen LogP contribution in [0.4, 0.5) is 0 Å². The molecule has 0 spiro atoms. The Labute approximate surface area is 113 Å². The molecule has 0 amide bonds. The summed E-state index contributed by atoms with van der Waals surface area (Å²) in [6.07, 6.45) is 2.26. The van der Waals surface area contributed by atoms with E-state index >= 15 is 0 Å². The van der Waals surface area contributed by atoms with Crippen LogP contribution >= 0.6 is 11.3 Å². The molecule has 2 aromatic rings. The zero-order chi connectivity index (χ0) is 12.8. The fraction of sp³-hybridized carbons (Fsp3) is 0.500. The summed E-state index contributed by atoms with van der Waals surface area (Å²) in [7, 11) is 0. The van der Waals surface area contributed by atoms with Crippen LogP contribution in [0.2, 0.25) is 0 Å². The minimum atomic E-state index is 1.01. The minimum Gasteiger partial charge on any atom is -0.316 e. The molecular formula is C14H21N3S. The van der Waals surface area contributed by atoms with Gasteiger partial charge in [0.2, 0.25) is 0 Å². The third kappa shape index (κ3) is 3.96. The highest BCUT2D eigenvalue weighted by atomic mass is 32.1. The van der Waals surface area contributed by atoms with Gasteiger partial charge in [-0.3, -0.25) is 4.68 Å². The summed E-state index contributed by atoms with van der Waals surface area (Å²) in [5, 5.41) is 12.3. The van der Waals surface area contributed by atoms with Crippen LogP contribution in [-0.2, 0) is 13.0 Å². The summed E-state index contributed by atoms with van der Waals surface area (Å²) in [6, 6.07) is 4.33. The van der Waals surface area contributed by atoms with Crippen LogP contribution in [0.5, 0.6) is 0 Å². The first-order valence-corrected chi connectivity index (χ1v) is 7.43. The lowest BCUT2D eigenvalue weighted by atomic mass is 10.2. The molecule has 4 heteroatoms. The molecule has 0 aliphatic heterocycles. The van der Waals surface area contributed by atoms with Crippen molar-refractivity contribution in [2.24, 2.45) is 0 Å². The molecule has 2 aromatic heterocycles. The van der Waals surface area contributed by atoms with Crippen molar-refractivity contribution in [3.05, 3.63) is 39.8 Å². The van der Waals surface area contributed by atoms with Crippen LogP contribution in [0.25, 0.3) is 0 Å². The van der Waals surface area contributed by atoms with Crippen molar-refractivity contribution in [1.29, 1.82) is 0 Å². The number of aryl methyl sites for hydroxylation is 3. The molecule has 0 saturated heterocycles. The molecule has 0 aromatic carbocycles. The Morgan fingerprint density at radius 2 is 2.22 bits per heavy atom. The zero-order valence-corrected chi connectivity index (χ0v) is 12.0. The van der Waals surface area contributed by atoms with Gasteiger partial charge in [-0.15, -0.1) is 0 Å². The van der Waals surface area contributed by atoms with Gasteiger partial charge in [0, 0.05) is 12.2 Å². The lowest BCUT2D eigenvalue weighted by molar-refractivity contribution is 0.533. The van der Waals surface area contributed by atoms with Crippen molar-refractivity contribution < 1.29 is 0 Å². The Bertz CT molecular complexity index is 459. The highest BCUT2D eigenvalue weighted by Crippen LogP contribution is 2.05. The normalized spacial score (nSPS) is 11.0. The second-order valence-electron chi connectivity index (χ2n) is 4.64. The van der Waals surface area contributed by atoms with Crippen molar-refractivity contribution in [3.63, 3.8) is 0 Å². The van der Waals surface area contributed by atoms with E-state index in [0.29, 0.717) is 0 Å². The van der Waals surface area contributed by atoms with Crippen LogP contribution in [0.3, 0.4) is 0 Å². The van der Waals surface area contributed by atoms with Gasteiger partial charge < -0.3 is 5.32 Å². The molecule has 0 aliphatic rings. The number of nitrogens with one attached hydrogen (secondary N) is 1. The van der Waals surface area contributed by atoms with E-state index in [9.17, 15) is 0 Å². The van der Waals surface area contributed by atoms with Crippen molar-refractivity contribution in [1.82, 2.24) is 15.1 Å². The Morgan fingerprint density at radius 1 is 1.33 bits per heavy atom. The third-order valence-corrected chi connectivity index (χ3v) is 3.73. The lowest BCUT2D eigenvalue weighted by Gasteiger charge is -2.06.